The Morgan fingerprint density at radius 1 is 1.62 bits per heavy atom. The largest absolute Gasteiger partial charge is 0.380 e. The van der Waals surface area contributed by atoms with E-state index < -0.39 is 0 Å². The Bertz CT molecular complexity index is 178. The fraction of sp³-hybridized carbons (Fsp3) is 0.889. The maximum Gasteiger partial charge on any atom is 0.242 e. The second-order valence-electron chi connectivity index (χ2n) is 3.66. The summed E-state index contributed by atoms with van der Waals surface area (Å²) < 4.78 is 5.40. The van der Waals surface area contributed by atoms with Gasteiger partial charge in [-0.25, -0.2) is 5.84 Å². The molecule has 4 heteroatoms. The van der Waals surface area contributed by atoms with Crippen molar-refractivity contribution in [3.8, 4) is 0 Å². The van der Waals surface area contributed by atoms with Gasteiger partial charge in [0, 0.05) is 6.61 Å². The lowest BCUT2D eigenvalue weighted by Gasteiger charge is -2.39. The molecule has 0 atom stereocenters. The summed E-state index contributed by atoms with van der Waals surface area (Å²) in [5.41, 5.74) is 1.90. The second kappa shape index (κ2) is 4.58. The summed E-state index contributed by atoms with van der Waals surface area (Å²) in [4.78, 5) is 11.4. The molecule has 76 valence electrons. The maximum atomic E-state index is 11.4. The van der Waals surface area contributed by atoms with Gasteiger partial charge in [0.05, 0.1) is 12.0 Å². The third-order valence-electron chi connectivity index (χ3n) is 2.65. The van der Waals surface area contributed by atoms with Crippen molar-refractivity contribution < 1.29 is 9.53 Å². The fourth-order valence-corrected chi connectivity index (χ4v) is 1.61. The van der Waals surface area contributed by atoms with Crippen molar-refractivity contribution in [1.29, 1.82) is 0 Å². The van der Waals surface area contributed by atoms with Gasteiger partial charge in [0.25, 0.3) is 0 Å². The van der Waals surface area contributed by atoms with Crippen LogP contribution in [0.25, 0.3) is 0 Å². The van der Waals surface area contributed by atoms with Gasteiger partial charge >= 0.3 is 0 Å². The molecule has 4 nitrogen and oxygen atoms in total. The van der Waals surface area contributed by atoms with E-state index in [0.29, 0.717) is 6.61 Å². The summed E-state index contributed by atoms with van der Waals surface area (Å²) in [5, 5.41) is 0. The van der Waals surface area contributed by atoms with E-state index in [-0.39, 0.29) is 11.3 Å². The van der Waals surface area contributed by atoms with Crippen LogP contribution in [0.1, 0.15) is 32.6 Å². The van der Waals surface area contributed by atoms with Gasteiger partial charge < -0.3 is 4.74 Å². The summed E-state index contributed by atoms with van der Waals surface area (Å²) >= 11 is 0. The van der Waals surface area contributed by atoms with E-state index in [1.807, 2.05) is 0 Å². The zero-order valence-corrected chi connectivity index (χ0v) is 8.14. The topological polar surface area (TPSA) is 64.3 Å². The van der Waals surface area contributed by atoms with Crippen LogP contribution in [-0.4, -0.2) is 19.1 Å². The number of hydrazine groups is 1. The highest BCUT2D eigenvalue weighted by molar-refractivity contribution is 5.83. The fourth-order valence-electron chi connectivity index (χ4n) is 1.61. The van der Waals surface area contributed by atoms with Crippen molar-refractivity contribution in [1.82, 2.24) is 5.43 Å². The number of nitrogens with one attached hydrogen (secondary N) is 1. The zero-order chi connectivity index (χ0) is 9.73. The van der Waals surface area contributed by atoms with Crippen LogP contribution < -0.4 is 11.3 Å². The van der Waals surface area contributed by atoms with Crippen LogP contribution in [0, 0.1) is 5.41 Å². The molecule has 1 saturated carbocycles. The maximum absolute atomic E-state index is 11.4. The molecule has 0 unspecified atom stereocenters. The molecule has 1 aliphatic carbocycles. The average molecular weight is 186 g/mol. The Morgan fingerprint density at radius 3 is 2.69 bits per heavy atom. The molecule has 3 N–H and O–H groups in total. The molecule has 0 aromatic heterocycles. The molecule has 0 saturated heterocycles. The Kier molecular flexibility index (Phi) is 3.69. The summed E-state index contributed by atoms with van der Waals surface area (Å²) in [6, 6.07) is 0. The normalized spacial score (nSPS) is 19.2. The number of hydrogen-bond acceptors (Lipinski definition) is 3. The first-order valence-corrected chi connectivity index (χ1v) is 4.84. The van der Waals surface area contributed by atoms with Crippen LogP contribution in [0.2, 0.25) is 0 Å². The molecule has 0 spiro atoms. The van der Waals surface area contributed by atoms with E-state index in [4.69, 9.17) is 10.6 Å². The Labute approximate surface area is 78.8 Å². The highest BCUT2D eigenvalue weighted by atomic mass is 16.5. The zero-order valence-electron chi connectivity index (χ0n) is 8.14. The Morgan fingerprint density at radius 2 is 2.31 bits per heavy atom. The van der Waals surface area contributed by atoms with Crippen LogP contribution in [0.3, 0.4) is 0 Å². The van der Waals surface area contributed by atoms with E-state index in [9.17, 15) is 4.79 Å². The first kappa shape index (κ1) is 10.5. The summed E-state index contributed by atoms with van der Waals surface area (Å²) in [5.74, 6) is 5.04. The third kappa shape index (κ3) is 2.19. The summed E-state index contributed by atoms with van der Waals surface area (Å²) in [6.45, 7) is 3.29. The van der Waals surface area contributed by atoms with Crippen molar-refractivity contribution in [3.63, 3.8) is 0 Å². The lowest BCUT2D eigenvalue weighted by atomic mass is 9.69. The molecular formula is C9H18N2O2. The van der Waals surface area contributed by atoms with Crippen molar-refractivity contribution in [3.05, 3.63) is 0 Å². The van der Waals surface area contributed by atoms with Gasteiger partial charge in [0.1, 0.15) is 0 Å². The van der Waals surface area contributed by atoms with E-state index in [1.165, 1.54) is 0 Å². The van der Waals surface area contributed by atoms with E-state index in [1.54, 1.807) is 0 Å². The van der Waals surface area contributed by atoms with Crippen LogP contribution in [0.5, 0.6) is 0 Å². The van der Waals surface area contributed by atoms with Gasteiger partial charge in [-0.05, 0) is 19.3 Å². The van der Waals surface area contributed by atoms with Gasteiger partial charge in [0.15, 0.2) is 0 Å². The molecular weight excluding hydrogens is 168 g/mol. The standard InChI is InChI=1S/C9H18N2O2/c1-2-6-13-7-9(4-3-5-9)8(12)11-10/h2-7,10H2,1H3,(H,11,12). The number of amides is 1. The van der Waals surface area contributed by atoms with Gasteiger partial charge in [-0.1, -0.05) is 13.3 Å². The number of carbonyl (C=O) groups is 1. The Hall–Kier alpha value is -0.610. The molecule has 0 heterocycles. The van der Waals surface area contributed by atoms with Gasteiger partial charge in [-0.15, -0.1) is 0 Å². The van der Waals surface area contributed by atoms with Crippen LogP contribution >= 0.6 is 0 Å². The summed E-state index contributed by atoms with van der Waals surface area (Å²) in [7, 11) is 0. The smallest absolute Gasteiger partial charge is 0.242 e. The molecule has 0 aromatic carbocycles. The average Bonchev–Trinajstić information content (AvgIpc) is 2.08. The van der Waals surface area contributed by atoms with Crippen molar-refractivity contribution in [2.45, 2.75) is 32.6 Å². The molecule has 1 fully saturated rings. The summed E-state index contributed by atoms with van der Waals surface area (Å²) in [6.07, 6.45) is 3.89. The van der Waals surface area contributed by atoms with Gasteiger partial charge in [-0.2, -0.15) is 0 Å². The van der Waals surface area contributed by atoms with Gasteiger partial charge in [0.2, 0.25) is 5.91 Å². The number of carbonyl (C=O) groups excluding carboxylic acids is 1. The predicted molar refractivity (Wildman–Crippen MR) is 49.7 cm³/mol. The molecule has 1 amide bonds. The highest BCUT2D eigenvalue weighted by Crippen LogP contribution is 2.41. The minimum absolute atomic E-state index is 0.0742. The number of ether oxygens (including phenoxy) is 1. The first-order valence-electron chi connectivity index (χ1n) is 4.84. The van der Waals surface area contributed by atoms with Crippen molar-refractivity contribution in [2.75, 3.05) is 13.2 Å². The lowest BCUT2D eigenvalue weighted by Crippen LogP contribution is -2.50. The Balaban J connectivity index is 2.36. The number of nitrogens with two attached hydrogens (primary N) is 1. The predicted octanol–water partition coefficient (Wildman–Crippen LogP) is 0.573. The minimum atomic E-state index is -0.316. The van der Waals surface area contributed by atoms with Gasteiger partial charge in [-0.3, -0.25) is 10.2 Å². The van der Waals surface area contributed by atoms with Crippen molar-refractivity contribution in [2.24, 2.45) is 11.3 Å². The van der Waals surface area contributed by atoms with Crippen LogP contribution in [0.4, 0.5) is 0 Å². The van der Waals surface area contributed by atoms with E-state index in [2.05, 4.69) is 12.3 Å². The quantitative estimate of drug-likeness (QED) is 0.285. The third-order valence-corrected chi connectivity index (χ3v) is 2.65. The molecule has 0 bridgehead atoms. The lowest BCUT2D eigenvalue weighted by molar-refractivity contribution is -0.141. The molecule has 1 aliphatic rings. The first-order chi connectivity index (χ1) is 6.25. The molecule has 0 radical (unpaired) electrons. The number of hydrogen-bond donors (Lipinski definition) is 2. The van der Waals surface area contributed by atoms with Crippen molar-refractivity contribution >= 4 is 5.91 Å². The van der Waals surface area contributed by atoms with Crippen LogP contribution in [0.15, 0.2) is 0 Å². The van der Waals surface area contributed by atoms with E-state index >= 15 is 0 Å². The minimum Gasteiger partial charge on any atom is -0.380 e. The molecule has 13 heavy (non-hydrogen) atoms. The molecule has 1 rings (SSSR count). The van der Waals surface area contributed by atoms with E-state index in [0.717, 1.165) is 32.3 Å². The molecule has 0 aliphatic heterocycles. The number of rotatable bonds is 5. The SMILES string of the molecule is CCCOCC1(C(=O)NN)CCC1. The highest BCUT2D eigenvalue weighted by Gasteiger charge is 2.43. The van der Waals surface area contributed by atoms with Crippen LogP contribution in [-0.2, 0) is 9.53 Å². The molecule has 0 aromatic rings. The monoisotopic (exact) mass is 186 g/mol. The second-order valence-corrected chi connectivity index (χ2v) is 3.66.